The number of hydrogen-bond donors (Lipinski definition) is 0. The van der Waals surface area contributed by atoms with Crippen LogP contribution in [0.3, 0.4) is 0 Å². The summed E-state index contributed by atoms with van der Waals surface area (Å²) in [6.07, 6.45) is 1.43. The predicted octanol–water partition coefficient (Wildman–Crippen LogP) is 5.49. The molecular formula is C36H42N2O7S. The van der Waals surface area contributed by atoms with Crippen molar-refractivity contribution in [2.45, 2.75) is 92.2 Å². The number of esters is 3. The van der Waals surface area contributed by atoms with Gasteiger partial charge in [-0.3, -0.25) is 14.2 Å². The van der Waals surface area contributed by atoms with E-state index in [4.69, 9.17) is 14.2 Å². The monoisotopic (exact) mass is 646 g/mol. The minimum atomic E-state index is -0.835. The number of nitrogens with zero attached hydrogens (tertiary/aromatic N) is 2. The van der Waals surface area contributed by atoms with Crippen LogP contribution in [0.15, 0.2) is 57.5 Å². The van der Waals surface area contributed by atoms with Crippen LogP contribution < -0.4 is 19.6 Å². The SMILES string of the molecule is COC(=O)c1ccc(C2C(C(=O)OC(C)C)=C(C)N=c3sc(=Cc4cc(C(C)(C)C)c(OC(C)=O)c(C(C)(C)C)c4)c(=O)n32)cc1. The third kappa shape index (κ3) is 7.07. The number of benzene rings is 2. The highest BCUT2D eigenvalue weighted by Crippen LogP contribution is 2.41. The van der Waals surface area contributed by atoms with Crippen LogP contribution in [-0.2, 0) is 29.9 Å². The van der Waals surface area contributed by atoms with Gasteiger partial charge in [0.2, 0.25) is 0 Å². The van der Waals surface area contributed by atoms with E-state index in [-0.39, 0.29) is 28.1 Å². The van der Waals surface area contributed by atoms with Crippen molar-refractivity contribution in [2.24, 2.45) is 4.99 Å². The molecule has 0 aliphatic carbocycles. The van der Waals surface area contributed by atoms with E-state index < -0.39 is 23.9 Å². The highest BCUT2D eigenvalue weighted by molar-refractivity contribution is 7.07. The summed E-state index contributed by atoms with van der Waals surface area (Å²) in [6.45, 7) is 18.9. The van der Waals surface area contributed by atoms with Crippen molar-refractivity contribution in [3.63, 3.8) is 0 Å². The van der Waals surface area contributed by atoms with E-state index in [2.05, 4.69) is 4.99 Å². The maximum atomic E-state index is 14.3. The van der Waals surface area contributed by atoms with Crippen molar-refractivity contribution < 1.29 is 28.6 Å². The van der Waals surface area contributed by atoms with Gasteiger partial charge in [0.25, 0.3) is 5.56 Å². The van der Waals surface area contributed by atoms with Gasteiger partial charge in [0, 0.05) is 18.1 Å². The average molecular weight is 647 g/mol. The first-order chi connectivity index (χ1) is 21.3. The molecule has 0 bridgehead atoms. The lowest BCUT2D eigenvalue weighted by Crippen LogP contribution is -2.40. The van der Waals surface area contributed by atoms with Crippen LogP contribution in [0.25, 0.3) is 6.08 Å². The second kappa shape index (κ2) is 12.8. The van der Waals surface area contributed by atoms with Crippen molar-refractivity contribution >= 4 is 35.3 Å². The molecule has 2 heterocycles. The van der Waals surface area contributed by atoms with Gasteiger partial charge < -0.3 is 14.2 Å². The Kier molecular flexibility index (Phi) is 9.64. The third-order valence-electron chi connectivity index (χ3n) is 7.50. The second-order valence-corrected chi connectivity index (χ2v) is 14.7. The summed E-state index contributed by atoms with van der Waals surface area (Å²) in [6, 6.07) is 9.67. The third-order valence-corrected chi connectivity index (χ3v) is 8.49. The van der Waals surface area contributed by atoms with Gasteiger partial charge in [0.15, 0.2) is 4.80 Å². The molecule has 0 amide bonds. The second-order valence-electron chi connectivity index (χ2n) is 13.7. The zero-order valence-corrected chi connectivity index (χ0v) is 29.2. The maximum Gasteiger partial charge on any atom is 0.338 e. The molecule has 1 aliphatic heterocycles. The molecule has 2 aromatic carbocycles. The molecule has 9 nitrogen and oxygen atoms in total. The summed E-state index contributed by atoms with van der Waals surface area (Å²) in [7, 11) is 1.30. The van der Waals surface area contributed by atoms with Crippen LogP contribution in [0.4, 0.5) is 0 Å². The number of aromatic nitrogens is 1. The van der Waals surface area contributed by atoms with E-state index in [9.17, 15) is 19.2 Å². The Bertz CT molecular complexity index is 1880. The smallest absolute Gasteiger partial charge is 0.338 e. The van der Waals surface area contributed by atoms with E-state index in [1.54, 1.807) is 45.0 Å². The Morgan fingerprint density at radius 3 is 2.00 bits per heavy atom. The standard InChI is InChI=1S/C36H42N2O7S/c1-19(2)44-33(42)28-20(3)37-34-38(29(28)23-12-14-24(15-13-23)32(41)43-11)31(40)27(46-34)18-22-16-25(35(5,6)7)30(45-21(4)39)26(17-22)36(8,9)10/h12-19,29H,1-11H3. The van der Waals surface area contributed by atoms with Crippen LogP contribution in [0.5, 0.6) is 5.75 Å². The van der Waals surface area contributed by atoms with Crippen molar-refractivity contribution in [2.75, 3.05) is 7.11 Å². The van der Waals surface area contributed by atoms with E-state index in [1.807, 2.05) is 59.8 Å². The summed E-state index contributed by atoms with van der Waals surface area (Å²) in [5.41, 5.74) is 3.01. The van der Waals surface area contributed by atoms with Gasteiger partial charge in [0.05, 0.1) is 40.6 Å². The summed E-state index contributed by atoms with van der Waals surface area (Å²) in [5.74, 6) is -0.937. The molecule has 1 aliphatic rings. The number of carbonyl (C=O) groups is 3. The molecule has 46 heavy (non-hydrogen) atoms. The van der Waals surface area contributed by atoms with Crippen molar-refractivity contribution in [1.82, 2.24) is 4.57 Å². The number of ether oxygens (including phenoxy) is 3. The lowest BCUT2D eigenvalue weighted by molar-refractivity contribution is -0.143. The van der Waals surface area contributed by atoms with Crippen LogP contribution in [-0.4, -0.2) is 35.7 Å². The number of methoxy groups -OCH3 is 1. The van der Waals surface area contributed by atoms with E-state index in [0.717, 1.165) is 16.7 Å². The molecule has 4 rings (SSSR count). The summed E-state index contributed by atoms with van der Waals surface area (Å²) >= 11 is 1.22. The van der Waals surface area contributed by atoms with Crippen molar-refractivity contribution in [3.05, 3.63) is 95.2 Å². The number of fused-ring (bicyclic) bond motifs is 1. The lowest BCUT2D eigenvalue weighted by atomic mass is 9.78. The normalized spacial score (nSPS) is 15.4. The molecule has 0 N–H and O–H groups in total. The fourth-order valence-electron chi connectivity index (χ4n) is 5.35. The van der Waals surface area contributed by atoms with Gasteiger partial charge in [-0.05, 0) is 73.1 Å². The fraction of sp³-hybridized carbons (Fsp3) is 0.417. The minimum absolute atomic E-state index is 0.245. The van der Waals surface area contributed by atoms with E-state index in [1.165, 1.54) is 29.9 Å². The largest absolute Gasteiger partial charge is 0.465 e. The van der Waals surface area contributed by atoms with E-state index in [0.29, 0.717) is 31.9 Å². The first kappa shape index (κ1) is 34.6. The van der Waals surface area contributed by atoms with Gasteiger partial charge >= 0.3 is 17.9 Å². The summed E-state index contributed by atoms with van der Waals surface area (Å²) in [4.78, 5) is 57.1. The van der Waals surface area contributed by atoms with Crippen LogP contribution >= 0.6 is 11.3 Å². The molecule has 0 radical (unpaired) electrons. The Labute approximate surface area is 273 Å². The Morgan fingerprint density at radius 1 is 0.957 bits per heavy atom. The van der Waals surface area contributed by atoms with Crippen LogP contribution in [0.2, 0.25) is 0 Å². The first-order valence-electron chi connectivity index (χ1n) is 15.1. The quantitative estimate of drug-likeness (QED) is 0.257. The molecule has 3 aromatic rings. The molecule has 1 atom stereocenters. The Morgan fingerprint density at radius 2 is 1.52 bits per heavy atom. The van der Waals surface area contributed by atoms with Crippen molar-refractivity contribution in [3.8, 4) is 5.75 Å². The van der Waals surface area contributed by atoms with Gasteiger partial charge in [-0.25, -0.2) is 14.6 Å². The Hall–Kier alpha value is -4.31. The average Bonchev–Trinajstić information content (AvgIpc) is 3.24. The van der Waals surface area contributed by atoms with Crippen molar-refractivity contribution in [1.29, 1.82) is 0 Å². The number of rotatable bonds is 6. The molecule has 244 valence electrons. The topological polar surface area (TPSA) is 113 Å². The molecule has 1 unspecified atom stereocenters. The molecular weight excluding hydrogens is 604 g/mol. The summed E-state index contributed by atoms with van der Waals surface area (Å²) in [5, 5.41) is 0. The molecule has 0 fully saturated rings. The Balaban J connectivity index is 2.00. The molecule has 10 heteroatoms. The van der Waals surface area contributed by atoms with Gasteiger partial charge in [-0.2, -0.15) is 0 Å². The first-order valence-corrected chi connectivity index (χ1v) is 15.9. The zero-order chi connectivity index (χ0) is 34.3. The number of hydrogen-bond acceptors (Lipinski definition) is 9. The molecule has 0 saturated heterocycles. The van der Waals surface area contributed by atoms with Crippen LogP contribution in [0, 0.1) is 0 Å². The summed E-state index contributed by atoms with van der Waals surface area (Å²) < 4.78 is 18.1. The highest BCUT2D eigenvalue weighted by Gasteiger charge is 2.34. The van der Waals surface area contributed by atoms with Gasteiger partial charge in [-0.1, -0.05) is 65.0 Å². The molecule has 0 saturated carbocycles. The molecule has 0 spiro atoms. The zero-order valence-electron chi connectivity index (χ0n) is 28.4. The van der Waals surface area contributed by atoms with Gasteiger partial charge in [0.1, 0.15) is 5.75 Å². The lowest BCUT2D eigenvalue weighted by Gasteiger charge is -2.29. The number of allylic oxidation sites excluding steroid dienone is 1. The number of carbonyl (C=O) groups excluding carboxylic acids is 3. The maximum absolute atomic E-state index is 14.3. The molecule has 1 aromatic heterocycles. The minimum Gasteiger partial charge on any atom is -0.465 e. The van der Waals surface area contributed by atoms with Crippen LogP contribution in [0.1, 0.15) is 108 Å². The highest BCUT2D eigenvalue weighted by atomic mass is 32.1. The van der Waals surface area contributed by atoms with E-state index >= 15 is 0 Å². The van der Waals surface area contributed by atoms with Gasteiger partial charge in [-0.15, -0.1) is 0 Å². The number of thiazole rings is 1. The predicted molar refractivity (Wildman–Crippen MR) is 178 cm³/mol. The fourth-order valence-corrected chi connectivity index (χ4v) is 6.40.